The molecule has 0 aliphatic carbocycles. The van der Waals surface area contributed by atoms with Gasteiger partial charge in [-0.15, -0.1) is 0 Å². The number of piperidine rings is 1. The minimum atomic E-state index is -0.299. The van der Waals surface area contributed by atoms with Crippen LogP contribution in [0.3, 0.4) is 0 Å². The van der Waals surface area contributed by atoms with Gasteiger partial charge in [0.05, 0.1) is 18.8 Å². The van der Waals surface area contributed by atoms with Crippen molar-refractivity contribution >= 4 is 0 Å². The first-order valence-corrected chi connectivity index (χ1v) is 9.31. The van der Waals surface area contributed by atoms with Crippen molar-refractivity contribution in [2.45, 2.75) is 45.0 Å². The molecule has 0 amide bonds. The van der Waals surface area contributed by atoms with Crippen LogP contribution >= 0.6 is 0 Å². The number of aliphatic hydroxyl groups excluding tert-OH is 1. The molecular formula is C22H29NO2. The van der Waals surface area contributed by atoms with Crippen LogP contribution in [0, 0.1) is 6.92 Å². The fourth-order valence-electron chi connectivity index (χ4n) is 3.49. The third-order valence-electron chi connectivity index (χ3n) is 5.05. The van der Waals surface area contributed by atoms with Gasteiger partial charge in [-0.25, -0.2) is 0 Å². The van der Waals surface area contributed by atoms with E-state index in [9.17, 15) is 5.11 Å². The highest BCUT2D eigenvalue weighted by atomic mass is 16.5. The molecule has 1 heterocycles. The van der Waals surface area contributed by atoms with Gasteiger partial charge in [-0.2, -0.15) is 0 Å². The van der Waals surface area contributed by atoms with Crippen molar-refractivity contribution < 1.29 is 9.84 Å². The summed E-state index contributed by atoms with van der Waals surface area (Å²) >= 11 is 0. The fourth-order valence-corrected chi connectivity index (χ4v) is 3.49. The second-order valence-electron chi connectivity index (χ2n) is 7.08. The molecule has 1 saturated heterocycles. The molecule has 0 aromatic heterocycles. The zero-order valence-electron chi connectivity index (χ0n) is 15.1. The molecule has 0 spiro atoms. The fraction of sp³-hybridized carbons (Fsp3) is 0.455. The minimum absolute atomic E-state index is 0.299. The van der Waals surface area contributed by atoms with E-state index in [0.29, 0.717) is 12.7 Å². The summed E-state index contributed by atoms with van der Waals surface area (Å²) in [5, 5.41) is 10.3. The highest BCUT2D eigenvalue weighted by Gasteiger charge is 2.21. The third kappa shape index (κ3) is 5.67. The number of hydrogen-bond acceptors (Lipinski definition) is 3. The number of nitrogens with zero attached hydrogens (tertiary/aromatic N) is 1. The number of likely N-dealkylation sites (tertiary alicyclic amines) is 1. The van der Waals surface area contributed by atoms with Crippen LogP contribution in [-0.4, -0.2) is 41.8 Å². The van der Waals surface area contributed by atoms with Gasteiger partial charge in [-0.1, -0.05) is 54.6 Å². The summed E-state index contributed by atoms with van der Waals surface area (Å²) in [6.07, 6.45) is 2.85. The molecule has 2 aromatic rings. The highest BCUT2D eigenvalue weighted by molar-refractivity contribution is 5.24. The number of hydrogen-bond donors (Lipinski definition) is 1. The normalized spacial score (nSPS) is 17.5. The van der Waals surface area contributed by atoms with Crippen LogP contribution in [0.15, 0.2) is 54.6 Å². The van der Waals surface area contributed by atoms with Crippen molar-refractivity contribution in [1.82, 2.24) is 4.90 Å². The number of rotatable bonds is 7. The Kier molecular flexibility index (Phi) is 6.62. The Morgan fingerprint density at radius 3 is 2.44 bits per heavy atom. The molecule has 1 N–H and O–H groups in total. The average Bonchev–Trinajstić information content (AvgIpc) is 2.63. The van der Waals surface area contributed by atoms with Crippen molar-refractivity contribution in [2.24, 2.45) is 0 Å². The lowest BCUT2D eigenvalue weighted by molar-refractivity contribution is -0.0107. The van der Waals surface area contributed by atoms with Crippen LogP contribution in [0.4, 0.5) is 0 Å². The summed E-state index contributed by atoms with van der Waals surface area (Å²) in [7, 11) is 0. The van der Waals surface area contributed by atoms with Crippen molar-refractivity contribution in [2.75, 3.05) is 19.6 Å². The molecular weight excluding hydrogens is 310 g/mol. The molecule has 0 radical (unpaired) electrons. The Bertz CT molecular complexity index is 635. The molecule has 3 nitrogen and oxygen atoms in total. The summed E-state index contributed by atoms with van der Waals surface area (Å²) in [5.41, 5.74) is 3.78. The molecule has 1 atom stereocenters. The van der Waals surface area contributed by atoms with E-state index >= 15 is 0 Å². The van der Waals surface area contributed by atoms with Crippen molar-refractivity contribution in [3.63, 3.8) is 0 Å². The molecule has 3 heteroatoms. The number of benzene rings is 2. The Hall–Kier alpha value is -1.68. The molecule has 1 aliphatic heterocycles. The Morgan fingerprint density at radius 2 is 1.72 bits per heavy atom. The van der Waals surface area contributed by atoms with Gasteiger partial charge in [-0.3, -0.25) is 0 Å². The lowest BCUT2D eigenvalue weighted by Gasteiger charge is -2.33. The highest BCUT2D eigenvalue weighted by Crippen LogP contribution is 2.17. The summed E-state index contributed by atoms with van der Waals surface area (Å²) in [4.78, 5) is 2.36. The predicted octanol–water partition coefficient (Wildman–Crippen LogP) is 3.58. The number of aliphatic hydroxyl groups is 1. The largest absolute Gasteiger partial charge is 0.391 e. The Labute approximate surface area is 151 Å². The first-order chi connectivity index (χ1) is 12.2. The van der Waals surface area contributed by atoms with Crippen LogP contribution in [0.25, 0.3) is 0 Å². The monoisotopic (exact) mass is 339 g/mol. The van der Waals surface area contributed by atoms with E-state index in [1.807, 2.05) is 18.2 Å². The maximum atomic E-state index is 10.3. The van der Waals surface area contributed by atoms with Gasteiger partial charge >= 0.3 is 0 Å². The Morgan fingerprint density at radius 1 is 1.04 bits per heavy atom. The van der Waals surface area contributed by atoms with E-state index in [4.69, 9.17) is 4.74 Å². The molecule has 1 unspecified atom stereocenters. The molecule has 3 rings (SSSR count). The quantitative estimate of drug-likeness (QED) is 0.837. The van der Waals surface area contributed by atoms with Gasteiger partial charge in [-0.05, 0) is 42.9 Å². The molecule has 1 fully saturated rings. The molecule has 0 bridgehead atoms. The van der Waals surface area contributed by atoms with E-state index in [-0.39, 0.29) is 6.10 Å². The van der Waals surface area contributed by atoms with Crippen LogP contribution in [0.5, 0.6) is 0 Å². The predicted molar refractivity (Wildman–Crippen MR) is 102 cm³/mol. The molecule has 0 saturated carbocycles. The standard InChI is InChI=1S/C22H29NO2/c1-18-7-5-6-10-20(18)17-25-22-11-13-23(14-12-22)16-21(24)15-19-8-3-2-4-9-19/h2-10,21-22,24H,11-17H2,1H3. The van der Waals surface area contributed by atoms with Crippen LogP contribution in [0.2, 0.25) is 0 Å². The summed E-state index contributed by atoms with van der Waals surface area (Å²) in [5.74, 6) is 0. The summed E-state index contributed by atoms with van der Waals surface area (Å²) in [6, 6.07) is 18.6. The topological polar surface area (TPSA) is 32.7 Å². The maximum absolute atomic E-state index is 10.3. The van der Waals surface area contributed by atoms with Crippen LogP contribution in [0.1, 0.15) is 29.5 Å². The van der Waals surface area contributed by atoms with E-state index in [0.717, 1.165) is 38.9 Å². The second-order valence-corrected chi connectivity index (χ2v) is 7.08. The van der Waals surface area contributed by atoms with Crippen molar-refractivity contribution in [3.8, 4) is 0 Å². The van der Waals surface area contributed by atoms with E-state index in [2.05, 4.69) is 48.2 Å². The molecule has 1 aliphatic rings. The zero-order valence-corrected chi connectivity index (χ0v) is 15.1. The number of β-amino-alcohol motifs (C(OH)–C–C–N with tert-alkyl or cyclic N) is 1. The van der Waals surface area contributed by atoms with Crippen LogP contribution < -0.4 is 0 Å². The summed E-state index contributed by atoms with van der Waals surface area (Å²) < 4.78 is 6.11. The van der Waals surface area contributed by atoms with Crippen LogP contribution in [-0.2, 0) is 17.8 Å². The van der Waals surface area contributed by atoms with Gasteiger partial charge in [0.15, 0.2) is 0 Å². The lowest BCUT2D eigenvalue weighted by atomic mass is 10.0. The number of aryl methyl sites for hydroxylation is 1. The van der Waals surface area contributed by atoms with Gasteiger partial charge in [0.25, 0.3) is 0 Å². The SMILES string of the molecule is Cc1ccccc1COC1CCN(CC(O)Cc2ccccc2)CC1. The second kappa shape index (κ2) is 9.14. The summed E-state index contributed by atoms with van der Waals surface area (Å²) in [6.45, 7) is 5.59. The molecule has 25 heavy (non-hydrogen) atoms. The molecule has 134 valence electrons. The lowest BCUT2D eigenvalue weighted by Crippen LogP contribution is -2.41. The molecule has 2 aromatic carbocycles. The van der Waals surface area contributed by atoms with Gasteiger partial charge < -0.3 is 14.7 Å². The minimum Gasteiger partial charge on any atom is -0.391 e. The van der Waals surface area contributed by atoms with Crippen molar-refractivity contribution in [3.05, 3.63) is 71.3 Å². The van der Waals surface area contributed by atoms with E-state index < -0.39 is 0 Å². The Balaban J connectivity index is 1.37. The number of ether oxygens (including phenoxy) is 1. The first-order valence-electron chi connectivity index (χ1n) is 9.31. The van der Waals surface area contributed by atoms with Gasteiger partial charge in [0, 0.05) is 19.6 Å². The maximum Gasteiger partial charge on any atom is 0.0723 e. The van der Waals surface area contributed by atoms with E-state index in [1.54, 1.807) is 0 Å². The smallest absolute Gasteiger partial charge is 0.0723 e. The average molecular weight is 339 g/mol. The zero-order chi connectivity index (χ0) is 17.5. The van der Waals surface area contributed by atoms with Crippen molar-refractivity contribution in [1.29, 1.82) is 0 Å². The van der Waals surface area contributed by atoms with Gasteiger partial charge in [0.1, 0.15) is 0 Å². The van der Waals surface area contributed by atoms with E-state index in [1.165, 1.54) is 16.7 Å². The first kappa shape index (κ1) is 18.1. The van der Waals surface area contributed by atoms with Gasteiger partial charge in [0.2, 0.25) is 0 Å². The third-order valence-corrected chi connectivity index (χ3v) is 5.05.